The third-order valence-corrected chi connectivity index (χ3v) is 4.21. The van der Waals surface area contributed by atoms with E-state index in [1.54, 1.807) is 0 Å². The predicted molar refractivity (Wildman–Crippen MR) is 86.8 cm³/mol. The van der Waals surface area contributed by atoms with E-state index >= 15 is 0 Å². The average Bonchev–Trinajstić information content (AvgIpc) is 2.74. The third-order valence-electron chi connectivity index (χ3n) is 4.21. The van der Waals surface area contributed by atoms with Crippen LogP contribution in [0, 0.1) is 0 Å². The SMILES string of the molecule is CCCCCCCCOc1ccc2c(c1)C(C)(C)CN2. The van der Waals surface area contributed by atoms with Crippen molar-refractivity contribution in [3.05, 3.63) is 23.8 Å². The van der Waals surface area contributed by atoms with E-state index in [0.717, 1.165) is 18.9 Å². The minimum atomic E-state index is 0.217. The van der Waals surface area contributed by atoms with Gasteiger partial charge in [-0.3, -0.25) is 0 Å². The Hall–Kier alpha value is -1.18. The van der Waals surface area contributed by atoms with Crippen molar-refractivity contribution in [2.24, 2.45) is 0 Å². The van der Waals surface area contributed by atoms with Crippen molar-refractivity contribution < 1.29 is 4.74 Å². The maximum Gasteiger partial charge on any atom is 0.119 e. The van der Waals surface area contributed by atoms with Gasteiger partial charge in [0, 0.05) is 17.6 Å². The fourth-order valence-electron chi connectivity index (χ4n) is 2.81. The fraction of sp³-hybridized carbons (Fsp3) is 0.667. The van der Waals surface area contributed by atoms with Crippen LogP contribution >= 0.6 is 0 Å². The van der Waals surface area contributed by atoms with Gasteiger partial charge in [0.1, 0.15) is 5.75 Å². The Balaban J connectivity index is 1.75. The van der Waals surface area contributed by atoms with Crippen LogP contribution in [0.25, 0.3) is 0 Å². The number of fused-ring (bicyclic) bond motifs is 1. The second-order valence-corrected chi connectivity index (χ2v) is 6.56. The van der Waals surface area contributed by atoms with Crippen LogP contribution in [0.5, 0.6) is 5.75 Å². The number of anilines is 1. The molecule has 0 aliphatic carbocycles. The normalized spacial score (nSPS) is 15.8. The van der Waals surface area contributed by atoms with E-state index in [2.05, 4.69) is 44.3 Å². The van der Waals surface area contributed by atoms with Crippen molar-refractivity contribution in [3.8, 4) is 5.75 Å². The maximum absolute atomic E-state index is 5.90. The number of benzene rings is 1. The van der Waals surface area contributed by atoms with E-state index < -0.39 is 0 Å². The summed E-state index contributed by atoms with van der Waals surface area (Å²) in [4.78, 5) is 0. The predicted octanol–water partition coefficient (Wildman–Crippen LogP) is 5.13. The monoisotopic (exact) mass is 275 g/mol. The van der Waals surface area contributed by atoms with Gasteiger partial charge in [-0.05, 0) is 30.2 Å². The fourth-order valence-corrected chi connectivity index (χ4v) is 2.81. The van der Waals surface area contributed by atoms with Crippen molar-refractivity contribution in [2.75, 3.05) is 18.5 Å². The highest BCUT2D eigenvalue weighted by molar-refractivity contribution is 5.61. The first-order chi connectivity index (χ1) is 9.63. The van der Waals surface area contributed by atoms with Crippen LogP contribution in [-0.4, -0.2) is 13.2 Å². The minimum Gasteiger partial charge on any atom is -0.494 e. The van der Waals surface area contributed by atoms with Gasteiger partial charge in [0.25, 0.3) is 0 Å². The van der Waals surface area contributed by atoms with Crippen LogP contribution in [0.15, 0.2) is 18.2 Å². The molecule has 1 heterocycles. The Morgan fingerprint density at radius 3 is 2.65 bits per heavy atom. The molecule has 1 N–H and O–H groups in total. The van der Waals surface area contributed by atoms with Crippen molar-refractivity contribution in [1.29, 1.82) is 0 Å². The van der Waals surface area contributed by atoms with E-state index in [1.807, 2.05) is 0 Å². The average molecular weight is 275 g/mol. The lowest BCUT2D eigenvalue weighted by atomic mass is 9.87. The zero-order valence-corrected chi connectivity index (χ0v) is 13.3. The molecule has 1 aromatic carbocycles. The second-order valence-electron chi connectivity index (χ2n) is 6.56. The Morgan fingerprint density at radius 1 is 1.10 bits per heavy atom. The molecule has 1 aliphatic rings. The van der Waals surface area contributed by atoms with Crippen molar-refractivity contribution in [2.45, 2.75) is 64.7 Å². The van der Waals surface area contributed by atoms with Crippen molar-refractivity contribution in [1.82, 2.24) is 0 Å². The largest absolute Gasteiger partial charge is 0.494 e. The maximum atomic E-state index is 5.90. The number of rotatable bonds is 8. The molecule has 2 nitrogen and oxygen atoms in total. The summed E-state index contributed by atoms with van der Waals surface area (Å²) in [6, 6.07) is 6.46. The zero-order chi connectivity index (χ0) is 14.4. The summed E-state index contributed by atoms with van der Waals surface area (Å²) in [5.41, 5.74) is 2.87. The Labute approximate surface area is 123 Å². The van der Waals surface area contributed by atoms with Crippen LogP contribution < -0.4 is 10.1 Å². The first kappa shape index (κ1) is 15.2. The number of hydrogen-bond acceptors (Lipinski definition) is 2. The van der Waals surface area contributed by atoms with Gasteiger partial charge < -0.3 is 10.1 Å². The lowest BCUT2D eigenvalue weighted by Gasteiger charge is -2.17. The summed E-state index contributed by atoms with van der Waals surface area (Å²) in [5, 5.41) is 3.46. The molecule has 1 aliphatic heterocycles. The molecule has 0 radical (unpaired) electrons. The van der Waals surface area contributed by atoms with E-state index in [1.165, 1.54) is 49.8 Å². The number of nitrogens with one attached hydrogen (secondary N) is 1. The van der Waals surface area contributed by atoms with Gasteiger partial charge in [0.2, 0.25) is 0 Å². The van der Waals surface area contributed by atoms with Crippen LogP contribution in [0.1, 0.15) is 64.9 Å². The molecular formula is C18H29NO. The first-order valence-corrected chi connectivity index (χ1v) is 8.15. The molecule has 0 saturated heterocycles. The first-order valence-electron chi connectivity index (χ1n) is 8.15. The smallest absolute Gasteiger partial charge is 0.119 e. The summed E-state index contributed by atoms with van der Waals surface area (Å²) in [5.74, 6) is 1.02. The molecule has 0 amide bonds. The van der Waals surface area contributed by atoms with Crippen LogP contribution in [0.3, 0.4) is 0 Å². The molecule has 112 valence electrons. The van der Waals surface area contributed by atoms with E-state index in [0.29, 0.717) is 0 Å². The van der Waals surface area contributed by atoms with Gasteiger partial charge >= 0.3 is 0 Å². The summed E-state index contributed by atoms with van der Waals surface area (Å²) in [6.45, 7) is 8.68. The van der Waals surface area contributed by atoms with Gasteiger partial charge in [-0.2, -0.15) is 0 Å². The zero-order valence-electron chi connectivity index (χ0n) is 13.3. The van der Waals surface area contributed by atoms with Crippen molar-refractivity contribution in [3.63, 3.8) is 0 Å². The molecule has 2 heteroatoms. The lowest BCUT2D eigenvalue weighted by Crippen LogP contribution is -2.18. The molecule has 20 heavy (non-hydrogen) atoms. The molecule has 0 fully saturated rings. The van der Waals surface area contributed by atoms with Gasteiger partial charge in [-0.15, -0.1) is 0 Å². The summed E-state index contributed by atoms with van der Waals surface area (Å²) in [7, 11) is 0. The highest BCUT2D eigenvalue weighted by Gasteiger charge is 2.29. The van der Waals surface area contributed by atoms with Gasteiger partial charge in [-0.25, -0.2) is 0 Å². The van der Waals surface area contributed by atoms with Gasteiger partial charge in [-0.1, -0.05) is 52.9 Å². The minimum absolute atomic E-state index is 0.217. The van der Waals surface area contributed by atoms with Gasteiger partial charge in [0.05, 0.1) is 6.61 Å². The number of hydrogen-bond donors (Lipinski definition) is 1. The highest BCUT2D eigenvalue weighted by Crippen LogP contribution is 2.38. The highest BCUT2D eigenvalue weighted by atomic mass is 16.5. The molecule has 0 spiro atoms. The van der Waals surface area contributed by atoms with E-state index in [4.69, 9.17) is 4.74 Å². The molecule has 1 aromatic rings. The van der Waals surface area contributed by atoms with E-state index in [-0.39, 0.29) is 5.41 Å². The Bertz CT molecular complexity index is 425. The summed E-state index contributed by atoms with van der Waals surface area (Å²) < 4.78 is 5.90. The summed E-state index contributed by atoms with van der Waals surface area (Å²) >= 11 is 0. The molecule has 0 aromatic heterocycles. The number of ether oxygens (including phenoxy) is 1. The Kier molecular flexibility index (Phi) is 5.33. The molecule has 0 unspecified atom stereocenters. The van der Waals surface area contributed by atoms with Crippen LogP contribution in [-0.2, 0) is 5.41 Å². The third kappa shape index (κ3) is 3.91. The van der Waals surface area contributed by atoms with Crippen LogP contribution in [0.4, 0.5) is 5.69 Å². The molecule has 2 rings (SSSR count). The molecule has 0 saturated carbocycles. The van der Waals surface area contributed by atoms with Crippen LogP contribution in [0.2, 0.25) is 0 Å². The molecule has 0 bridgehead atoms. The quantitative estimate of drug-likeness (QED) is 0.664. The second kappa shape index (κ2) is 7.01. The van der Waals surface area contributed by atoms with Gasteiger partial charge in [0.15, 0.2) is 0 Å². The standard InChI is InChI=1S/C18H29NO/c1-4-5-6-7-8-9-12-20-15-10-11-17-16(13-15)18(2,3)14-19-17/h10-11,13,19H,4-9,12,14H2,1-3H3. The molecular weight excluding hydrogens is 246 g/mol. The molecule has 0 atom stereocenters. The summed E-state index contributed by atoms with van der Waals surface area (Å²) in [6.07, 6.45) is 7.86. The number of unbranched alkanes of at least 4 members (excludes halogenated alkanes) is 5. The lowest BCUT2D eigenvalue weighted by molar-refractivity contribution is 0.304. The van der Waals surface area contributed by atoms with E-state index in [9.17, 15) is 0 Å². The topological polar surface area (TPSA) is 21.3 Å². The van der Waals surface area contributed by atoms with Crippen molar-refractivity contribution >= 4 is 5.69 Å². The Morgan fingerprint density at radius 2 is 1.85 bits per heavy atom.